The summed E-state index contributed by atoms with van der Waals surface area (Å²) in [5.41, 5.74) is 0. The molecule has 3 heteroatoms. The SMILES string of the molecule is [B]=PSC. The van der Waals surface area contributed by atoms with E-state index in [1.807, 2.05) is 6.26 Å². The van der Waals surface area contributed by atoms with Crippen LogP contribution in [0, 0.1) is 0 Å². The Hall–Kier alpha value is 0.715. The molecule has 0 aliphatic rings. The van der Waals surface area contributed by atoms with E-state index < -0.39 is 0 Å². The molecule has 0 aliphatic heterocycles. The van der Waals surface area contributed by atoms with Gasteiger partial charge in [-0.25, -0.2) is 0 Å². The molecule has 0 rings (SSSR count). The van der Waals surface area contributed by atoms with Crippen LogP contribution in [0.3, 0.4) is 0 Å². The Morgan fingerprint density at radius 2 is 2.25 bits per heavy atom. The standard InChI is InChI=1S/CH3BPS/c1-4-3-2/h1H3. The summed E-state index contributed by atoms with van der Waals surface area (Å²) < 4.78 is 0. The number of rotatable bonds is 1. The van der Waals surface area contributed by atoms with Gasteiger partial charge in [-0.05, 0) is 0 Å². The van der Waals surface area contributed by atoms with E-state index in [4.69, 9.17) is 7.18 Å². The Morgan fingerprint density at radius 1 is 2.00 bits per heavy atom. The van der Waals surface area contributed by atoms with Gasteiger partial charge in [-0.15, -0.1) is 0 Å². The van der Waals surface area contributed by atoms with Crippen molar-refractivity contribution in [2.75, 3.05) is 6.26 Å². The minimum absolute atomic E-state index is 0.915. The molecule has 0 saturated carbocycles. The van der Waals surface area contributed by atoms with Crippen molar-refractivity contribution in [3.8, 4) is 0 Å². The molecule has 0 spiro atoms. The molecule has 0 saturated heterocycles. The summed E-state index contributed by atoms with van der Waals surface area (Å²) in [5.74, 6) is 0. The normalized spacial score (nSPS) is 8.00. The van der Waals surface area contributed by atoms with Crippen molar-refractivity contribution < 1.29 is 0 Å². The number of hydrogen-bond acceptors (Lipinski definition) is 1. The van der Waals surface area contributed by atoms with Crippen LogP contribution in [0.2, 0.25) is 0 Å². The molecule has 0 fully saturated rings. The molecule has 0 atom stereocenters. The second-order valence-corrected chi connectivity index (χ2v) is 2.59. The molecule has 1 radical (unpaired) electrons. The van der Waals surface area contributed by atoms with Gasteiger partial charge in [-0.2, -0.15) is 0 Å². The maximum atomic E-state index is 4.96. The number of hydrogen-bond donors (Lipinski definition) is 0. The summed E-state index contributed by atoms with van der Waals surface area (Å²) in [6, 6.07) is 0. The second kappa shape index (κ2) is 3.71. The third-order valence-electron chi connectivity index (χ3n) is 0.105. The molecule has 0 N–H and O–H groups in total. The van der Waals surface area contributed by atoms with Crippen LogP contribution in [-0.4, -0.2) is 13.4 Å². The summed E-state index contributed by atoms with van der Waals surface area (Å²) in [6.45, 7) is 0. The molecule has 4 heavy (non-hydrogen) atoms. The fraction of sp³-hybridized carbons (Fsp3) is 1.00. The Balaban J connectivity index is 2.30. The van der Waals surface area contributed by atoms with Gasteiger partial charge in [-0.1, -0.05) is 0 Å². The maximum absolute atomic E-state index is 4.96. The summed E-state index contributed by atoms with van der Waals surface area (Å²) in [6.07, 6.45) is 1.96. The average Bonchev–Trinajstić information content (AvgIpc) is 1.37. The first kappa shape index (κ1) is 4.71. The van der Waals surface area contributed by atoms with E-state index in [9.17, 15) is 0 Å². The quantitative estimate of drug-likeness (QED) is 0.344. The Bertz CT molecular complexity index is 22.0. The summed E-state index contributed by atoms with van der Waals surface area (Å²) in [5, 5.41) is 0. The second-order valence-electron chi connectivity index (χ2n) is 0.288. The van der Waals surface area contributed by atoms with Crippen LogP contribution in [0.1, 0.15) is 0 Å². The van der Waals surface area contributed by atoms with Gasteiger partial charge in [0.05, 0.1) is 0 Å². The molecule has 0 nitrogen and oxygen atoms in total. The van der Waals surface area contributed by atoms with Crippen LogP contribution in [0.15, 0.2) is 0 Å². The fourth-order valence-corrected chi connectivity index (χ4v) is 0. The van der Waals surface area contributed by atoms with Crippen LogP contribution in [0.25, 0.3) is 0 Å². The van der Waals surface area contributed by atoms with Crippen molar-refractivity contribution in [2.45, 2.75) is 0 Å². The Morgan fingerprint density at radius 3 is 2.25 bits per heavy atom. The van der Waals surface area contributed by atoms with Gasteiger partial charge in [0.2, 0.25) is 0 Å². The topological polar surface area (TPSA) is 0 Å². The molecule has 0 heterocycles. The summed E-state index contributed by atoms with van der Waals surface area (Å²) >= 11 is 1.61. The molecule has 0 unspecified atom stereocenters. The van der Waals surface area contributed by atoms with Crippen molar-refractivity contribution >= 4 is 25.8 Å². The van der Waals surface area contributed by atoms with Crippen LogP contribution < -0.4 is 0 Å². The zero-order valence-electron chi connectivity index (χ0n) is 2.43. The van der Waals surface area contributed by atoms with E-state index >= 15 is 0 Å². The van der Waals surface area contributed by atoms with E-state index in [0.29, 0.717) is 0 Å². The molecular formula is CH3BPS. The minimum atomic E-state index is 0.915. The van der Waals surface area contributed by atoms with Crippen molar-refractivity contribution in [1.29, 1.82) is 0 Å². The van der Waals surface area contributed by atoms with Gasteiger partial charge in [0.25, 0.3) is 0 Å². The first-order valence-electron chi connectivity index (χ1n) is 0.849. The van der Waals surface area contributed by atoms with Gasteiger partial charge < -0.3 is 0 Å². The van der Waals surface area contributed by atoms with Crippen molar-refractivity contribution in [3.05, 3.63) is 0 Å². The van der Waals surface area contributed by atoms with E-state index in [1.165, 1.54) is 0 Å². The molecule has 0 amide bonds. The van der Waals surface area contributed by atoms with Gasteiger partial charge >= 0.3 is 32.1 Å². The van der Waals surface area contributed by atoms with Gasteiger partial charge in [0, 0.05) is 0 Å². The van der Waals surface area contributed by atoms with Crippen molar-refractivity contribution in [1.82, 2.24) is 0 Å². The Kier molecular flexibility index (Phi) is 4.38. The van der Waals surface area contributed by atoms with Crippen molar-refractivity contribution in [3.63, 3.8) is 0 Å². The summed E-state index contributed by atoms with van der Waals surface area (Å²) in [7, 11) is 5.88. The van der Waals surface area contributed by atoms with Crippen LogP contribution in [0.5, 0.6) is 0 Å². The molecule has 0 aromatic heterocycles. The van der Waals surface area contributed by atoms with Crippen molar-refractivity contribution in [2.24, 2.45) is 0 Å². The van der Waals surface area contributed by atoms with Gasteiger partial charge in [-0.3, -0.25) is 0 Å². The van der Waals surface area contributed by atoms with E-state index in [2.05, 4.69) is 0 Å². The molecule has 21 valence electrons. The zero-order chi connectivity index (χ0) is 3.41. The summed E-state index contributed by atoms with van der Waals surface area (Å²) in [4.78, 5) is 0. The van der Waals surface area contributed by atoms with Gasteiger partial charge in [0.1, 0.15) is 0 Å². The van der Waals surface area contributed by atoms with E-state index in [-0.39, 0.29) is 0 Å². The molecule has 0 aromatic rings. The van der Waals surface area contributed by atoms with Crippen LogP contribution in [-0.2, 0) is 0 Å². The predicted molar refractivity (Wildman–Crippen MR) is 26.2 cm³/mol. The predicted octanol–water partition coefficient (Wildman–Crippen LogP) is 1.29. The fourth-order valence-electron chi connectivity index (χ4n) is 0. The van der Waals surface area contributed by atoms with E-state index in [1.54, 1.807) is 11.4 Å². The van der Waals surface area contributed by atoms with Crippen LogP contribution >= 0.6 is 18.7 Å². The molecular weight excluding hydrogens is 85.9 g/mol. The molecule has 0 aromatic carbocycles. The molecule has 0 aliphatic carbocycles. The Labute approximate surface area is 32.9 Å². The monoisotopic (exact) mass is 89.0 g/mol. The van der Waals surface area contributed by atoms with E-state index in [0.717, 1.165) is 7.27 Å². The third-order valence-corrected chi connectivity index (χ3v) is 0.949. The average molecular weight is 88.9 g/mol. The van der Waals surface area contributed by atoms with Gasteiger partial charge in [0.15, 0.2) is 0 Å². The first-order chi connectivity index (χ1) is 1.91. The zero-order valence-corrected chi connectivity index (χ0v) is 4.14. The third kappa shape index (κ3) is 2.71. The first-order valence-corrected chi connectivity index (χ1v) is 3.64. The van der Waals surface area contributed by atoms with Crippen LogP contribution in [0.4, 0.5) is 0 Å². The molecule has 0 bridgehead atoms.